The number of pyridine rings is 1. The van der Waals surface area contributed by atoms with Crippen LogP contribution in [0.3, 0.4) is 0 Å². The maximum Gasteiger partial charge on any atom is 0.157 e. The third-order valence-corrected chi connectivity index (χ3v) is 2.26. The predicted molar refractivity (Wildman–Crippen MR) is 65.5 cm³/mol. The molecule has 0 fully saturated rings. The molecule has 0 aliphatic carbocycles. The summed E-state index contributed by atoms with van der Waals surface area (Å²) in [5.41, 5.74) is 1.80. The molecule has 0 atom stereocenters. The third kappa shape index (κ3) is 2.76. The molecule has 0 spiro atoms. The Bertz CT molecular complexity index is 487. The first kappa shape index (κ1) is 11.5. The Morgan fingerprint density at radius 1 is 1.35 bits per heavy atom. The van der Waals surface area contributed by atoms with Crippen molar-refractivity contribution in [2.75, 3.05) is 19.5 Å². The number of hydrogen-bond acceptors (Lipinski definition) is 5. The van der Waals surface area contributed by atoms with E-state index in [2.05, 4.69) is 20.3 Å². The van der Waals surface area contributed by atoms with Crippen LogP contribution in [0.15, 0.2) is 30.6 Å². The normalized spacial score (nSPS) is 10.2. The molecule has 0 radical (unpaired) electrons. The van der Waals surface area contributed by atoms with E-state index < -0.39 is 0 Å². The monoisotopic (exact) mass is 230 g/mol. The molecule has 0 aliphatic heterocycles. The lowest BCUT2D eigenvalue weighted by molar-refractivity contribution is 0.178. The molecule has 0 aliphatic rings. The van der Waals surface area contributed by atoms with Crippen LogP contribution in [-0.2, 0) is 11.3 Å². The second-order valence-corrected chi connectivity index (χ2v) is 3.48. The SMILES string of the molecule is CNc1cc(-c2cccnc2)nc(COC)n1. The number of ether oxygens (including phenoxy) is 1. The quantitative estimate of drug-likeness (QED) is 0.866. The summed E-state index contributed by atoms with van der Waals surface area (Å²) in [5, 5.41) is 3.01. The smallest absolute Gasteiger partial charge is 0.157 e. The number of nitrogens with one attached hydrogen (secondary N) is 1. The first-order valence-electron chi connectivity index (χ1n) is 5.28. The summed E-state index contributed by atoms with van der Waals surface area (Å²) in [6.45, 7) is 0.392. The minimum Gasteiger partial charge on any atom is -0.377 e. The molecule has 0 saturated carbocycles. The van der Waals surface area contributed by atoms with Crippen molar-refractivity contribution in [2.24, 2.45) is 0 Å². The van der Waals surface area contributed by atoms with Crippen molar-refractivity contribution in [1.82, 2.24) is 15.0 Å². The topological polar surface area (TPSA) is 59.9 Å². The van der Waals surface area contributed by atoms with Crippen LogP contribution in [-0.4, -0.2) is 29.1 Å². The van der Waals surface area contributed by atoms with Crippen LogP contribution < -0.4 is 5.32 Å². The highest BCUT2D eigenvalue weighted by Crippen LogP contribution is 2.18. The van der Waals surface area contributed by atoms with Crippen molar-refractivity contribution in [3.63, 3.8) is 0 Å². The molecule has 5 nitrogen and oxygen atoms in total. The largest absolute Gasteiger partial charge is 0.377 e. The molecule has 5 heteroatoms. The third-order valence-electron chi connectivity index (χ3n) is 2.26. The Morgan fingerprint density at radius 2 is 2.24 bits per heavy atom. The Balaban J connectivity index is 2.43. The van der Waals surface area contributed by atoms with Gasteiger partial charge in [-0.15, -0.1) is 0 Å². The molecule has 2 aromatic heterocycles. The number of rotatable bonds is 4. The van der Waals surface area contributed by atoms with Gasteiger partial charge in [-0.2, -0.15) is 0 Å². The van der Waals surface area contributed by atoms with Crippen molar-refractivity contribution >= 4 is 5.82 Å². The van der Waals surface area contributed by atoms with E-state index >= 15 is 0 Å². The summed E-state index contributed by atoms with van der Waals surface area (Å²) in [7, 11) is 3.45. The van der Waals surface area contributed by atoms with Gasteiger partial charge >= 0.3 is 0 Å². The van der Waals surface area contributed by atoms with Crippen molar-refractivity contribution in [2.45, 2.75) is 6.61 Å². The Kier molecular flexibility index (Phi) is 3.62. The Hall–Kier alpha value is -2.01. The van der Waals surface area contributed by atoms with Crippen LogP contribution in [0, 0.1) is 0 Å². The van der Waals surface area contributed by atoms with Gasteiger partial charge in [-0.3, -0.25) is 4.98 Å². The van der Waals surface area contributed by atoms with Gasteiger partial charge in [0.1, 0.15) is 12.4 Å². The molecule has 0 saturated heterocycles. The minimum atomic E-state index is 0.392. The second kappa shape index (κ2) is 5.36. The fourth-order valence-electron chi connectivity index (χ4n) is 1.48. The summed E-state index contributed by atoms with van der Waals surface area (Å²) >= 11 is 0. The summed E-state index contributed by atoms with van der Waals surface area (Å²) in [5.74, 6) is 1.42. The van der Waals surface area contributed by atoms with Gasteiger partial charge in [-0.25, -0.2) is 9.97 Å². The minimum absolute atomic E-state index is 0.392. The predicted octanol–water partition coefficient (Wildman–Crippen LogP) is 1.73. The number of nitrogens with zero attached hydrogens (tertiary/aromatic N) is 3. The molecule has 1 N–H and O–H groups in total. The zero-order chi connectivity index (χ0) is 12.1. The van der Waals surface area contributed by atoms with Gasteiger partial charge in [0.25, 0.3) is 0 Å². The van der Waals surface area contributed by atoms with Crippen LogP contribution >= 0.6 is 0 Å². The van der Waals surface area contributed by atoms with E-state index in [-0.39, 0.29) is 0 Å². The lowest BCUT2D eigenvalue weighted by atomic mass is 10.2. The highest BCUT2D eigenvalue weighted by atomic mass is 16.5. The molecule has 0 unspecified atom stereocenters. The highest BCUT2D eigenvalue weighted by Gasteiger charge is 2.05. The molecule has 2 heterocycles. The summed E-state index contributed by atoms with van der Waals surface area (Å²) in [6.07, 6.45) is 3.51. The molecule has 0 bridgehead atoms. The Morgan fingerprint density at radius 3 is 2.88 bits per heavy atom. The van der Waals surface area contributed by atoms with E-state index in [1.807, 2.05) is 25.2 Å². The molecule has 0 amide bonds. The lowest BCUT2D eigenvalue weighted by Crippen LogP contribution is -2.02. The van der Waals surface area contributed by atoms with Crippen LogP contribution in [0.2, 0.25) is 0 Å². The molecule has 88 valence electrons. The zero-order valence-corrected chi connectivity index (χ0v) is 9.84. The first-order valence-corrected chi connectivity index (χ1v) is 5.28. The van der Waals surface area contributed by atoms with Crippen molar-refractivity contribution in [3.8, 4) is 11.3 Å². The molecule has 17 heavy (non-hydrogen) atoms. The van der Waals surface area contributed by atoms with Crippen LogP contribution in [0.1, 0.15) is 5.82 Å². The fraction of sp³-hybridized carbons (Fsp3) is 0.250. The fourth-order valence-corrected chi connectivity index (χ4v) is 1.48. The van der Waals surface area contributed by atoms with Gasteiger partial charge in [-0.05, 0) is 12.1 Å². The number of hydrogen-bond donors (Lipinski definition) is 1. The first-order chi connectivity index (χ1) is 8.33. The van der Waals surface area contributed by atoms with Crippen molar-refractivity contribution in [3.05, 3.63) is 36.4 Å². The summed E-state index contributed by atoms with van der Waals surface area (Å²) in [6, 6.07) is 5.73. The Labute approximate surface area is 99.9 Å². The van der Waals surface area contributed by atoms with E-state index in [9.17, 15) is 0 Å². The summed E-state index contributed by atoms with van der Waals surface area (Å²) < 4.78 is 5.05. The van der Waals surface area contributed by atoms with E-state index in [0.29, 0.717) is 12.4 Å². The maximum atomic E-state index is 5.05. The van der Waals surface area contributed by atoms with Crippen LogP contribution in [0.4, 0.5) is 5.82 Å². The van der Waals surface area contributed by atoms with E-state index in [1.165, 1.54) is 0 Å². The molecular weight excluding hydrogens is 216 g/mol. The van der Waals surface area contributed by atoms with Crippen molar-refractivity contribution in [1.29, 1.82) is 0 Å². The van der Waals surface area contributed by atoms with Crippen LogP contribution in [0.25, 0.3) is 11.3 Å². The van der Waals surface area contributed by atoms with Gasteiger partial charge in [-0.1, -0.05) is 0 Å². The average Bonchev–Trinajstić information content (AvgIpc) is 2.40. The zero-order valence-electron chi connectivity index (χ0n) is 9.84. The molecular formula is C12H14N4O. The summed E-state index contributed by atoms with van der Waals surface area (Å²) in [4.78, 5) is 12.8. The van der Waals surface area contributed by atoms with Gasteiger partial charge in [0, 0.05) is 38.2 Å². The second-order valence-electron chi connectivity index (χ2n) is 3.48. The molecule has 2 rings (SSSR count). The van der Waals surface area contributed by atoms with Gasteiger partial charge in [0.15, 0.2) is 5.82 Å². The van der Waals surface area contributed by atoms with Crippen LogP contribution in [0.5, 0.6) is 0 Å². The number of aromatic nitrogens is 3. The van der Waals surface area contributed by atoms with Crippen molar-refractivity contribution < 1.29 is 4.74 Å². The molecule has 0 aromatic carbocycles. The maximum absolute atomic E-state index is 5.05. The average molecular weight is 230 g/mol. The van der Waals surface area contributed by atoms with E-state index in [4.69, 9.17) is 4.74 Å². The van der Waals surface area contributed by atoms with E-state index in [1.54, 1.807) is 19.5 Å². The van der Waals surface area contributed by atoms with Gasteiger partial charge in [0.2, 0.25) is 0 Å². The highest BCUT2D eigenvalue weighted by molar-refractivity contribution is 5.61. The van der Waals surface area contributed by atoms with E-state index in [0.717, 1.165) is 17.1 Å². The van der Waals surface area contributed by atoms with Gasteiger partial charge in [0.05, 0.1) is 5.69 Å². The standard InChI is InChI=1S/C12H14N4O/c1-13-11-6-10(9-4-3-5-14-7-9)15-12(16-11)8-17-2/h3-7H,8H2,1-2H3,(H,13,15,16). The number of anilines is 1. The number of methoxy groups -OCH3 is 1. The molecule has 2 aromatic rings. The van der Waals surface area contributed by atoms with Gasteiger partial charge < -0.3 is 10.1 Å². The lowest BCUT2D eigenvalue weighted by Gasteiger charge is -2.07.